The lowest BCUT2D eigenvalue weighted by molar-refractivity contribution is 1.22. The summed E-state index contributed by atoms with van der Waals surface area (Å²) in [7, 11) is 0. The first-order valence-electron chi connectivity index (χ1n) is 5.08. The van der Waals surface area contributed by atoms with Crippen LogP contribution < -0.4 is 5.56 Å². The van der Waals surface area contributed by atoms with Gasteiger partial charge in [0.15, 0.2) is 0 Å². The molecule has 0 atom stereocenters. The average Bonchev–Trinajstić information content (AvgIpc) is 2.21. The van der Waals surface area contributed by atoms with Crippen LogP contribution in [0.5, 0.6) is 0 Å². The van der Waals surface area contributed by atoms with Crippen molar-refractivity contribution in [3.05, 3.63) is 44.7 Å². The van der Waals surface area contributed by atoms with E-state index in [0.29, 0.717) is 0 Å². The summed E-state index contributed by atoms with van der Waals surface area (Å²) < 4.78 is 0. The molecule has 1 heterocycles. The number of nitrogens with zero attached hydrogens (tertiary/aromatic N) is 1. The Balaban J connectivity index is 3.06. The number of fused-ring (bicyclic) bond motifs is 1. The fourth-order valence-corrected chi connectivity index (χ4v) is 2.04. The number of H-pyrrole nitrogens is 1. The fourth-order valence-electron chi connectivity index (χ4n) is 2.04. The summed E-state index contributed by atoms with van der Waals surface area (Å²) in [6.45, 7) is 5.77. The zero-order chi connectivity index (χ0) is 11.9. The van der Waals surface area contributed by atoms with Crippen LogP contribution in [0.15, 0.2) is 16.9 Å². The topological polar surface area (TPSA) is 56.6 Å². The molecule has 1 aromatic heterocycles. The van der Waals surface area contributed by atoms with Crippen LogP contribution in [0.2, 0.25) is 0 Å². The first kappa shape index (κ1) is 10.4. The standard InChI is InChI=1S/C13H12N2O/c1-7-4-8(2)12-10(5-7)9(3)11(6-14)13(16)15-12/h4-5H,1-3H3,(H,15,16). The van der Waals surface area contributed by atoms with Crippen molar-refractivity contribution in [1.82, 2.24) is 4.98 Å². The maximum Gasteiger partial charge on any atom is 0.266 e. The van der Waals surface area contributed by atoms with E-state index in [1.807, 2.05) is 39.0 Å². The molecule has 0 saturated carbocycles. The molecular formula is C13H12N2O. The van der Waals surface area contributed by atoms with E-state index in [2.05, 4.69) is 4.98 Å². The first-order chi connectivity index (χ1) is 7.54. The number of benzene rings is 1. The van der Waals surface area contributed by atoms with Gasteiger partial charge in [-0.2, -0.15) is 5.26 Å². The Morgan fingerprint density at radius 2 is 1.94 bits per heavy atom. The normalized spacial score (nSPS) is 10.4. The molecule has 3 heteroatoms. The smallest absolute Gasteiger partial charge is 0.266 e. The molecule has 0 unspecified atom stereocenters. The summed E-state index contributed by atoms with van der Waals surface area (Å²) in [5.74, 6) is 0. The number of aromatic amines is 1. The van der Waals surface area contributed by atoms with E-state index in [-0.39, 0.29) is 11.1 Å². The summed E-state index contributed by atoms with van der Waals surface area (Å²) in [6.07, 6.45) is 0. The van der Waals surface area contributed by atoms with Gasteiger partial charge in [0.1, 0.15) is 11.6 Å². The van der Waals surface area contributed by atoms with E-state index < -0.39 is 0 Å². The molecule has 0 aliphatic carbocycles. The molecule has 0 radical (unpaired) electrons. The van der Waals surface area contributed by atoms with Crippen LogP contribution in [0.4, 0.5) is 0 Å². The molecule has 0 spiro atoms. The molecule has 0 aliphatic rings. The van der Waals surface area contributed by atoms with E-state index in [0.717, 1.165) is 27.6 Å². The van der Waals surface area contributed by atoms with Crippen molar-refractivity contribution in [2.75, 3.05) is 0 Å². The van der Waals surface area contributed by atoms with Crippen LogP contribution in [0, 0.1) is 32.1 Å². The third kappa shape index (κ3) is 1.40. The van der Waals surface area contributed by atoms with Crippen molar-refractivity contribution in [3.63, 3.8) is 0 Å². The van der Waals surface area contributed by atoms with Crippen LogP contribution in [0.3, 0.4) is 0 Å². The predicted molar refractivity (Wildman–Crippen MR) is 63.5 cm³/mol. The highest BCUT2D eigenvalue weighted by Gasteiger charge is 2.09. The van der Waals surface area contributed by atoms with Gasteiger partial charge in [-0.3, -0.25) is 4.79 Å². The zero-order valence-corrected chi connectivity index (χ0v) is 9.51. The number of pyridine rings is 1. The van der Waals surface area contributed by atoms with E-state index in [9.17, 15) is 4.79 Å². The third-order valence-corrected chi connectivity index (χ3v) is 2.84. The van der Waals surface area contributed by atoms with Gasteiger partial charge in [-0.15, -0.1) is 0 Å². The van der Waals surface area contributed by atoms with Gasteiger partial charge in [0.05, 0.1) is 5.52 Å². The minimum absolute atomic E-state index is 0.206. The number of nitriles is 1. The van der Waals surface area contributed by atoms with Gasteiger partial charge in [0.2, 0.25) is 0 Å². The molecular weight excluding hydrogens is 200 g/mol. The molecule has 16 heavy (non-hydrogen) atoms. The molecule has 2 rings (SSSR count). The van der Waals surface area contributed by atoms with Crippen molar-refractivity contribution < 1.29 is 0 Å². The molecule has 0 fully saturated rings. The highest BCUT2D eigenvalue weighted by atomic mass is 16.1. The lowest BCUT2D eigenvalue weighted by Crippen LogP contribution is -2.12. The second kappa shape index (κ2) is 3.49. The molecule has 1 N–H and O–H groups in total. The maximum absolute atomic E-state index is 11.6. The van der Waals surface area contributed by atoms with Crippen molar-refractivity contribution in [1.29, 1.82) is 5.26 Å². The molecule has 0 amide bonds. The Morgan fingerprint density at radius 1 is 1.25 bits per heavy atom. The van der Waals surface area contributed by atoms with Crippen molar-refractivity contribution in [2.45, 2.75) is 20.8 Å². The Hall–Kier alpha value is -2.08. The van der Waals surface area contributed by atoms with Gasteiger partial charge >= 0.3 is 0 Å². The summed E-state index contributed by atoms with van der Waals surface area (Å²) in [4.78, 5) is 14.4. The minimum Gasteiger partial charge on any atom is -0.321 e. The van der Waals surface area contributed by atoms with Crippen molar-refractivity contribution in [2.24, 2.45) is 0 Å². The Morgan fingerprint density at radius 3 is 2.56 bits per heavy atom. The van der Waals surface area contributed by atoms with Crippen LogP contribution in [-0.4, -0.2) is 4.98 Å². The number of hydrogen-bond acceptors (Lipinski definition) is 2. The summed E-state index contributed by atoms with van der Waals surface area (Å²) in [5.41, 5.74) is 3.64. The lowest BCUT2D eigenvalue weighted by atomic mass is 10.0. The van der Waals surface area contributed by atoms with Crippen molar-refractivity contribution >= 4 is 10.9 Å². The molecule has 0 saturated heterocycles. The van der Waals surface area contributed by atoms with Crippen molar-refractivity contribution in [3.8, 4) is 6.07 Å². The molecule has 3 nitrogen and oxygen atoms in total. The Bertz CT molecular complexity index is 675. The van der Waals surface area contributed by atoms with Gasteiger partial charge < -0.3 is 4.98 Å². The Kier molecular flexibility index (Phi) is 2.28. The zero-order valence-electron chi connectivity index (χ0n) is 9.51. The van der Waals surface area contributed by atoms with Gasteiger partial charge in [-0.05, 0) is 38.0 Å². The summed E-state index contributed by atoms with van der Waals surface area (Å²) in [6, 6.07) is 5.96. The van der Waals surface area contributed by atoms with E-state index in [1.54, 1.807) is 0 Å². The molecule has 0 bridgehead atoms. The first-order valence-corrected chi connectivity index (χ1v) is 5.08. The predicted octanol–water partition coefficient (Wildman–Crippen LogP) is 2.33. The number of aromatic nitrogens is 1. The molecule has 2 aromatic rings. The molecule has 80 valence electrons. The molecule has 0 aliphatic heterocycles. The number of aryl methyl sites for hydroxylation is 3. The highest BCUT2D eigenvalue weighted by molar-refractivity contribution is 5.86. The van der Waals surface area contributed by atoms with Crippen LogP contribution in [-0.2, 0) is 0 Å². The minimum atomic E-state index is -0.306. The Labute approximate surface area is 93.3 Å². The monoisotopic (exact) mass is 212 g/mol. The molecule has 1 aromatic carbocycles. The maximum atomic E-state index is 11.6. The third-order valence-electron chi connectivity index (χ3n) is 2.84. The summed E-state index contributed by atoms with van der Waals surface area (Å²) in [5, 5.41) is 9.88. The SMILES string of the molecule is Cc1cc(C)c2[nH]c(=O)c(C#N)c(C)c2c1. The van der Waals surface area contributed by atoms with E-state index in [4.69, 9.17) is 5.26 Å². The van der Waals surface area contributed by atoms with Crippen LogP contribution in [0.1, 0.15) is 22.3 Å². The largest absolute Gasteiger partial charge is 0.321 e. The van der Waals surface area contributed by atoms with Crippen LogP contribution in [0.25, 0.3) is 10.9 Å². The van der Waals surface area contributed by atoms with Gasteiger partial charge in [-0.1, -0.05) is 11.6 Å². The van der Waals surface area contributed by atoms with Crippen LogP contribution >= 0.6 is 0 Å². The van der Waals surface area contributed by atoms with Gasteiger partial charge in [0, 0.05) is 5.39 Å². The number of nitrogens with one attached hydrogen (secondary N) is 1. The quantitative estimate of drug-likeness (QED) is 0.728. The lowest BCUT2D eigenvalue weighted by Gasteiger charge is -2.07. The highest BCUT2D eigenvalue weighted by Crippen LogP contribution is 2.21. The van der Waals surface area contributed by atoms with Gasteiger partial charge in [0.25, 0.3) is 5.56 Å². The number of rotatable bonds is 0. The second-order valence-corrected chi connectivity index (χ2v) is 4.07. The summed E-state index contributed by atoms with van der Waals surface area (Å²) >= 11 is 0. The number of hydrogen-bond donors (Lipinski definition) is 1. The van der Waals surface area contributed by atoms with E-state index >= 15 is 0 Å². The second-order valence-electron chi connectivity index (χ2n) is 4.07. The fraction of sp³-hybridized carbons (Fsp3) is 0.231. The van der Waals surface area contributed by atoms with E-state index in [1.165, 1.54) is 0 Å². The van der Waals surface area contributed by atoms with Gasteiger partial charge in [-0.25, -0.2) is 0 Å². The average molecular weight is 212 g/mol.